The number of ether oxygens (including phenoxy) is 2. The van der Waals surface area contributed by atoms with Crippen molar-refractivity contribution in [3.63, 3.8) is 0 Å². The molecule has 37 heavy (non-hydrogen) atoms. The van der Waals surface area contributed by atoms with E-state index in [1.165, 1.54) is 89.9 Å². The second-order valence-corrected chi connectivity index (χ2v) is 10.5. The van der Waals surface area contributed by atoms with Crippen molar-refractivity contribution in [1.29, 1.82) is 0 Å². The molecule has 5 nitrogen and oxygen atoms in total. The molecule has 0 aromatic heterocycles. The van der Waals surface area contributed by atoms with Gasteiger partial charge in [0.1, 0.15) is 6.61 Å². The van der Waals surface area contributed by atoms with Gasteiger partial charge in [-0.05, 0) is 38.5 Å². The van der Waals surface area contributed by atoms with Crippen molar-refractivity contribution in [3.05, 3.63) is 12.2 Å². The van der Waals surface area contributed by atoms with E-state index in [1.54, 1.807) is 0 Å². The monoisotopic (exact) mass is 524 g/mol. The highest BCUT2D eigenvalue weighted by molar-refractivity contribution is 5.70. The molecule has 5 heteroatoms. The smallest absolute Gasteiger partial charge is 0.306 e. The van der Waals surface area contributed by atoms with E-state index in [9.17, 15) is 14.7 Å². The van der Waals surface area contributed by atoms with Crippen LogP contribution in [0.5, 0.6) is 0 Å². The summed E-state index contributed by atoms with van der Waals surface area (Å²) in [6.07, 6.45) is 29.7. The zero-order valence-electron chi connectivity index (χ0n) is 24.5. The van der Waals surface area contributed by atoms with Crippen LogP contribution in [0.2, 0.25) is 0 Å². The zero-order valence-corrected chi connectivity index (χ0v) is 24.5. The molecule has 218 valence electrons. The molecule has 0 aromatic carbocycles. The number of carbonyl (C=O) groups is 2. The quantitative estimate of drug-likeness (QED) is 0.0628. The molecule has 0 aliphatic carbocycles. The summed E-state index contributed by atoms with van der Waals surface area (Å²) in [5.74, 6) is -0.601. The fraction of sp³-hybridized carbons (Fsp3) is 0.875. The molecule has 1 atom stereocenters. The van der Waals surface area contributed by atoms with Crippen LogP contribution in [0.4, 0.5) is 0 Å². The van der Waals surface area contributed by atoms with Crippen LogP contribution in [0, 0.1) is 0 Å². The fourth-order valence-electron chi connectivity index (χ4n) is 4.37. The minimum absolute atomic E-state index is 0.0645. The third kappa shape index (κ3) is 27.5. The lowest BCUT2D eigenvalue weighted by molar-refractivity contribution is -0.161. The summed E-state index contributed by atoms with van der Waals surface area (Å²) in [5.41, 5.74) is 0. The fourth-order valence-corrected chi connectivity index (χ4v) is 4.37. The van der Waals surface area contributed by atoms with E-state index in [-0.39, 0.29) is 25.2 Å². The van der Waals surface area contributed by atoms with Gasteiger partial charge in [-0.3, -0.25) is 9.59 Å². The minimum Gasteiger partial charge on any atom is -0.462 e. The maximum atomic E-state index is 12.0. The molecule has 0 fully saturated rings. The van der Waals surface area contributed by atoms with Gasteiger partial charge in [-0.15, -0.1) is 0 Å². The molecule has 0 aliphatic heterocycles. The Kier molecular flexibility index (Phi) is 28.1. The summed E-state index contributed by atoms with van der Waals surface area (Å²) in [6, 6.07) is 0. The Morgan fingerprint density at radius 3 is 1.49 bits per heavy atom. The van der Waals surface area contributed by atoms with Crippen molar-refractivity contribution in [2.75, 3.05) is 13.2 Å². The van der Waals surface area contributed by atoms with Crippen LogP contribution in [0.3, 0.4) is 0 Å². The first-order chi connectivity index (χ1) is 18.1. The number of unbranched alkanes of at least 4 members (excludes halogenated alkanes) is 18. The molecule has 0 aliphatic rings. The van der Waals surface area contributed by atoms with E-state index in [1.807, 2.05) is 0 Å². The normalized spacial score (nSPS) is 12.2. The first-order valence-electron chi connectivity index (χ1n) is 15.7. The molecule has 0 saturated carbocycles. The third-order valence-electron chi connectivity index (χ3n) is 6.81. The second-order valence-electron chi connectivity index (χ2n) is 10.5. The highest BCUT2D eigenvalue weighted by Gasteiger charge is 2.16. The minimum atomic E-state index is -0.766. The molecule has 1 unspecified atom stereocenters. The van der Waals surface area contributed by atoms with Gasteiger partial charge in [-0.2, -0.15) is 0 Å². The summed E-state index contributed by atoms with van der Waals surface area (Å²) < 4.78 is 10.5. The molecule has 0 bridgehead atoms. The molecule has 0 spiro atoms. The number of allylic oxidation sites excluding steroid dienone is 2. The van der Waals surface area contributed by atoms with Crippen molar-refractivity contribution in [2.24, 2.45) is 0 Å². The standard InChI is InChI=1S/C32H60O5/c1-3-5-7-9-11-13-15-16-17-19-21-23-25-27-32(35)37-30(28-33)29-36-31(34)26-24-22-20-18-14-12-10-8-6-4-2/h13,15,30,33H,3-12,14,16-29H2,1-2H3/b15-13-. The maximum absolute atomic E-state index is 12.0. The van der Waals surface area contributed by atoms with E-state index in [4.69, 9.17) is 9.47 Å². The molecule has 0 radical (unpaired) electrons. The summed E-state index contributed by atoms with van der Waals surface area (Å²) in [7, 11) is 0. The highest BCUT2D eigenvalue weighted by Crippen LogP contribution is 2.12. The number of aliphatic hydroxyl groups excluding tert-OH is 1. The molecular formula is C32H60O5. The molecule has 0 aromatic rings. The molecule has 1 N–H and O–H groups in total. The van der Waals surface area contributed by atoms with E-state index in [2.05, 4.69) is 26.0 Å². The molecule has 0 rings (SSSR count). The molecule has 0 saturated heterocycles. The molecule has 0 heterocycles. The maximum Gasteiger partial charge on any atom is 0.306 e. The summed E-state index contributed by atoms with van der Waals surface area (Å²) in [6.45, 7) is 4.08. The first kappa shape index (κ1) is 35.6. The molecular weight excluding hydrogens is 464 g/mol. The number of hydrogen-bond donors (Lipinski definition) is 1. The predicted octanol–water partition coefficient (Wildman–Crippen LogP) is 9.00. The van der Waals surface area contributed by atoms with Gasteiger partial charge < -0.3 is 14.6 Å². The van der Waals surface area contributed by atoms with Gasteiger partial charge in [0.25, 0.3) is 0 Å². The van der Waals surface area contributed by atoms with Crippen molar-refractivity contribution in [3.8, 4) is 0 Å². The number of esters is 2. The van der Waals surface area contributed by atoms with E-state index in [0.29, 0.717) is 12.8 Å². The number of carbonyl (C=O) groups excluding carboxylic acids is 2. The number of rotatable bonds is 28. The molecule has 0 amide bonds. The van der Waals surface area contributed by atoms with Crippen molar-refractivity contribution in [2.45, 2.75) is 168 Å². The third-order valence-corrected chi connectivity index (χ3v) is 6.81. The Morgan fingerprint density at radius 1 is 0.595 bits per heavy atom. The van der Waals surface area contributed by atoms with Crippen molar-refractivity contribution >= 4 is 11.9 Å². The van der Waals surface area contributed by atoms with Crippen LogP contribution < -0.4 is 0 Å². The predicted molar refractivity (Wildman–Crippen MR) is 155 cm³/mol. The Balaban J connectivity index is 3.60. The van der Waals surface area contributed by atoms with Gasteiger partial charge >= 0.3 is 11.9 Å². The van der Waals surface area contributed by atoms with Crippen LogP contribution in [0.15, 0.2) is 12.2 Å². The Hall–Kier alpha value is -1.36. The van der Waals surface area contributed by atoms with Crippen LogP contribution in [-0.2, 0) is 19.1 Å². The van der Waals surface area contributed by atoms with Gasteiger partial charge in [-0.1, -0.05) is 122 Å². The van der Waals surface area contributed by atoms with Crippen molar-refractivity contribution < 1.29 is 24.2 Å². The highest BCUT2D eigenvalue weighted by atomic mass is 16.6. The van der Waals surface area contributed by atoms with Gasteiger partial charge in [0.2, 0.25) is 0 Å². The second kappa shape index (κ2) is 29.2. The number of aliphatic hydroxyl groups is 1. The number of hydrogen-bond acceptors (Lipinski definition) is 5. The van der Waals surface area contributed by atoms with Gasteiger partial charge in [0.15, 0.2) is 6.10 Å². The Labute approximate surface area is 229 Å². The van der Waals surface area contributed by atoms with Crippen LogP contribution in [0.25, 0.3) is 0 Å². The topological polar surface area (TPSA) is 72.8 Å². The van der Waals surface area contributed by atoms with Gasteiger partial charge in [0.05, 0.1) is 6.61 Å². The van der Waals surface area contributed by atoms with E-state index < -0.39 is 6.10 Å². The summed E-state index contributed by atoms with van der Waals surface area (Å²) in [5, 5.41) is 9.46. The van der Waals surface area contributed by atoms with Crippen molar-refractivity contribution in [1.82, 2.24) is 0 Å². The lowest BCUT2D eigenvalue weighted by Crippen LogP contribution is -2.28. The summed E-state index contributed by atoms with van der Waals surface area (Å²) >= 11 is 0. The lowest BCUT2D eigenvalue weighted by atomic mass is 10.1. The van der Waals surface area contributed by atoms with Crippen LogP contribution in [-0.4, -0.2) is 36.4 Å². The van der Waals surface area contributed by atoms with E-state index in [0.717, 1.165) is 44.9 Å². The Morgan fingerprint density at radius 2 is 1.00 bits per heavy atom. The largest absolute Gasteiger partial charge is 0.462 e. The Bertz CT molecular complexity index is 531. The SMILES string of the molecule is CCCCCC/C=C\CCCCCCCC(=O)OC(CO)COC(=O)CCCCCCCCCCCC. The first-order valence-corrected chi connectivity index (χ1v) is 15.7. The van der Waals surface area contributed by atoms with Crippen LogP contribution >= 0.6 is 0 Å². The zero-order chi connectivity index (χ0) is 27.2. The average Bonchev–Trinajstić information content (AvgIpc) is 2.90. The lowest BCUT2D eigenvalue weighted by Gasteiger charge is -2.15. The summed E-state index contributed by atoms with van der Waals surface area (Å²) in [4.78, 5) is 24.0. The average molecular weight is 525 g/mol. The van der Waals surface area contributed by atoms with Gasteiger partial charge in [0, 0.05) is 12.8 Å². The van der Waals surface area contributed by atoms with Crippen LogP contribution in [0.1, 0.15) is 162 Å². The van der Waals surface area contributed by atoms with E-state index >= 15 is 0 Å². The van der Waals surface area contributed by atoms with Gasteiger partial charge in [-0.25, -0.2) is 0 Å².